The normalized spacial score (nSPS) is 17.7. The van der Waals surface area contributed by atoms with Gasteiger partial charge in [0.2, 0.25) is 0 Å². The smallest absolute Gasteiger partial charge is 0.411 e. The van der Waals surface area contributed by atoms with E-state index < -0.39 is 34.6 Å². The van der Waals surface area contributed by atoms with Crippen molar-refractivity contribution in [2.24, 2.45) is 5.73 Å². The summed E-state index contributed by atoms with van der Waals surface area (Å²) < 4.78 is 117. The zero-order valence-electron chi connectivity index (χ0n) is 58.5. The van der Waals surface area contributed by atoms with Crippen molar-refractivity contribution in [2.75, 3.05) is 32.1 Å². The first-order chi connectivity index (χ1) is 48.7. The van der Waals surface area contributed by atoms with Gasteiger partial charge in [0.25, 0.3) is 0 Å². The molecule has 10 rings (SSSR count). The third kappa shape index (κ3) is 24.6. The predicted octanol–water partition coefficient (Wildman–Crippen LogP) is 19.0. The van der Waals surface area contributed by atoms with Gasteiger partial charge in [0.05, 0.1) is 23.3 Å². The average molecular weight is 1440 g/mol. The summed E-state index contributed by atoms with van der Waals surface area (Å²) in [5.41, 5.74) is 7.49. The zero-order chi connectivity index (χ0) is 74.6. The number of ether oxygens (including phenoxy) is 2. The molecule has 0 saturated carbocycles. The van der Waals surface area contributed by atoms with E-state index in [0.717, 1.165) is 16.7 Å². The monoisotopic (exact) mass is 1440 g/mol. The maximum absolute atomic E-state index is 13.5. The van der Waals surface area contributed by atoms with Gasteiger partial charge in [-0.15, -0.1) is 31.3 Å². The molecule has 21 heteroatoms. The second kappa shape index (κ2) is 40.8. The lowest BCUT2D eigenvalue weighted by atomic mass is 9.84. The molecule has 2 aliphatic heterocycles. The van der Waals surface area contributed by atoms with Crippen molar-refractivity contribution >= 4 is 32.2 Å². The highest BCUT2D eigenvalue weighted by Crippen LogP contribution is 2.42. The van der Waals surface area contributed by atoms with Gasteiger partial charge in [-0.3, -0.25) is 0 Å². The van der Waals surface area contributed by atoms with E-state index in [-0.39, 0.29) is 85.7 Å². The number of amides is 2. The van der Waals surface area contributed by atoms with Gasteiger partial charge in [0.15, 0.2) is 0 Å². The van der Waals surface area contributed by atoms with Gasteiger partial charge in [-0.2, -0.15) is 0 Å². The molecule has 6 N–H and O–H groups in total. The number of nitrogens with one attached hydrogen (secondary N) is 1. The van der Waals surface area contributed by atoms with Gasteiger partial charge < -0.3 is 45.6 Å². The number of hydrogen-bond donors (Lipinski definition) is 5. The van der Waals surface area contributed by atoms with Crippen LogP contribution < -0.4 is 11.1 Å². The number of hydrogen-bond acceptors (Lipinski definition) is 9. The standard InChI is InChI=1S/C21H23F2NO3.C21H21F2NO2.C20H23F2NO.C12H14ClFO.C8H10FN.B/c1-15(16-4-2-5-19(23)14-16)24-12-11-21(10-3-13-25,27-20(24)26)17-6-8-18(22)9-7-17;1-3-11-21(17-7-9-18(22)10-8-17)12-13-24(20(25)26-21)15(2)16-5-4-6-19(23)14-16;1-3-11-20(24,17-7-9-18(21)10-8-17)12-13-23-15(2)16-5-4-6-19(22)14-16;1-2-7-12(15,8-9-13)10-3-5-11(14)6-4-10;1-6(10)7-3-2-4-8(9)5-7;/h2,4-9,14-15,25H,3,10-13H2,1H3;3-10,14-15H,1,11-13H2,2H3;3-10,14-15,23-24H,1,11-13H2,2H3;2-6,15H,1,7-9H2;2-6H,10H2,1H3;/t2*15-,21+;15-,20+;12-;6-;/m00010./s1. The van der Waals surface area contributed by atoms with Crippen LogP contribution in [0.2, 0.25) is 0 Å². The topological polar surface area (TPSA) is 158 Å². The number of alkyl halides is 1. The Balaban J connectivity index is 0.000000239. The Morgan fingerprint density at radius 2 is 0.883 bits per heavy atom. The molecule has 0 spiro atoms. The van der Waals surface area contributed by atoms with Crippen LogP contribution in [0.25, 0.3) is 0 Å². The Morgan fingerprint density at radius 3 is 1.25 bits per heavy atom. The summed E-state index contributed by atoms with van der Waals surface area (Å²) in [5, 5.41) is 33.7. The van der Waals surface area contributed by atoms with Crippen LogP contribution in [-0.2, 0) is 31.9 Å². The van der Waals surface area contributed by atoms with Crippen molar-refractivity contribution in [1.29, 1.82) is 0 Å². The molecular weight excluding hydrogens is 1350 g/mol. The van der Waals surface area contributed by atoms with Crippen LogP contribution >= 0.6 is 11.6 Å². The summed E-state index contributed by atoms with van der Waals surface area (Å²) in [6.07, 6.45) is 8.04. The zero-order valence-corrected chi connectivity index (χ0v) is 59.2. The molecular formula is C82H91BClF8N4O7. The molecule has 2 heterocycles. The lowest BCUT2D eigenvalue weighted by Crippen LogP contribution is -2.48. The number of aliphatic hydroxyl groups is 3. The van der Waals surface area contributed by atoms with Crippen molar-refractivity contribution < 1.29 is 69.5 Å². The summed E-state index contributed by atoms with van der Waals surface area (Å²) in [5.74, 6) is -2.19. The summed E-state index contributed by atoms with van der Waals surface area (Å²) in [6.45, 7) is 19.9. The largest absolute Gasteiger partial charge is 0.438 e. The fourth-order valence-electron chi connectivity index (χ4n) is 12.1. The number of cyclic esters (lactones) is 2. The van der Waals surface area contributed by atoms with Gasteiger partial charge in [-0.05, 0) is 214 Å². The van der Waals surface area contributed by atoms with Gasteiger partial charge >= 0.3 is 12.2 Å². The Kier molecular flexibility index (Phi) is 33.6. The number of carbonyl (C=O) groups is 2. The van der Waals surface area contributed by atoms with Crippen LogP contribution in [0.5, 0.6) is 0 Å². The van der Waals surface area contributed by atoms with Crippen LogP contribution in [0.3, 0.4) is 0 Å². The van der Waals surface area contributed by atoms with E-state index in [1.165, 1.54) is 97.1 Å². The fourth-order valence-corrected chi connectivity index (χ4v) is 12.4. The van der Waals surface area contributed by atoms with Crippen molar-refractivity contribution in [3.63, 3.8) is 0 Å². The molecule has 0 aliphatic carbocycles. The highest BCUT2D eigenvalue weighted by molar-refractivity contribution is 6.17. The molecule has 2 saturated heterocycles. The molecule has 547 valence electrons. The number of halogens is 9. The SMILES string of the molecule is C=CC[C@@](O)(CCCl)c1ccc(F)cc1.C=CC[C@@](O)(CCN[C@@H](C)c1cccc(F)c1)c1ccc(F)cc1.C=CC[C@]1(c2ccc(F)cc2)CCN([C@@H](C)c2cccc(F)c2)C(=O)O1.C[C@@H](c1cccc(F)c1)N1CC[C@](CCCO)(c2ccc(F)cc2)OC1=O.C[C@H](N)c1cccc(F)c1.[B]. The molecule has 103 heavy (non-hydrogen) atoms. The van der Waals surface area contributed by atoms with Gasteiger partial charge in [0, 0.05) is 65.3 Å². The number of aliphatic hydroxyl groups excluding tert-OH is 1. The fraction of sp³-hybridized carbons (Fsp3) is 0.317. The summed E-state index contributed by atoms with van der Waals surface area (Å²) >= 11 is 5.63. The van der Waals surface area contributed by atoms with Crippen LogP contribution in [0.1, 0.15) is 154 Å². The highest BCUT2D eigenvalue weighted by atomic mass is 35.5. The number of benzene rings is 8. The highest BCUT2D eigenvalue weighted by Gasteiger charge is 2.45. The third-order valence-corrected chi connectivity index (χ3v) is 18.2. The molecule has 2 aliphatic rings. The van der Waals surface area contributed by atoms with E-state index in [4.69, 9.17) is 26.8 Å². The van der Waals surface area contributed by atoms with Gasteiger partial charge in [-0.1, -0.05) is 115 Å². The quantitative estimate of drug-likeness (QED) is 0.0163. The molecule has 3 radical (unpaired) electrons. The van der Waals surface area contributed by atoms with E-state index >= 15 is 0 Å². The second-order valence-corrected chi connectivity index (χ2v) is 25.6. The minimum Gasteiger partial charge on any atom is -0.438 e. The lowest BCUT2D eigenvalue weighted by Gasteiger charge is -2.43. The Labute approximate surface area is 606 Å². The first-order valence-electron chi connectivity index (χ1n) is 33.7. The molecule has 2 amide bonds. The lowest BCUT2D eigenvalue weighted by molar-refractivity contribution is -0.0681. The Bertz CT molecular complexity index is 3960. The van der Waals surface area contributed by atoms with Crippen LogP contribution in [0.15, 0.2) is 232 Å². The van der Waals surface area contributed by atoms with Crippen LogP contribution in [0, 0.1) is 46.5 Å². The van der Waals surface area contributed by atoms with E-state index in [0.29, 0.717) is 111 Å². The minimum atomic E-state index is -1.11. The first-order valence-corrected chi connectivity index (χ1v) is 34.2. The van der Waals surface area contributed by atoms with E-state index in [1.807, 2.05) is 39.8 Å². The molecule has 8 atom stereocenters. The maximum atomic E-state index is 13.5. The molecule has 11 nitrogen and oxygen atoms in total. The van der Waals surface area contributed by atoms with Gasteiger partial charge in [-0.25, -0.2) is 44.7 Å². The van der Waals surface area contributed by atoms with Crippen LogP contribution in [-0.4, -0.2) is 77.8 Å². The Morgan fingerprint density at radius 1 is 0.524 bits per heavy atom. The van der Waals surface area contributed by atoms with Crippen molar-refractivity contribution in [1.82, 2.24) is 15.1 Å². The summed E-state index contributed by atoms with van der Waals surface area (Å²) in [7, 11) is 0. The second-order valence-electron chi connectivity index (χ2n) is 25.2. The predicted molar refractivity (Wildman–Crippen MR) is 390 cm³/mol. The van der Waals surface area contributed by atoms with Crippen molar-refractivity contribution in [2.45, 2.75) is 132 Å². The molecule has 8 aromatic rings. The van der Waals surface area contributed by atoms with Crippen molar-refractivity contribution in [3.05, 3.63) is 323 Å². The van der Waals surface area contributed by atoms with Crippen molar-refractivity contribution in [3.8, 4) is 0 Å². The first kappa shape index (κ1) is 84.8. The minimum absolute atomic E-state index is 0. The third-order valence-electron chi connectivity index (χ3n) is 18.0. The Hall–Kier alpha value is -8.89. The van der Waals surface area contributed by atoms with E-state index in [2.05, 4.69) is 25.1 Å². The number of rotatable bonds is 25. The maximum Gasteiger partial charge on any atom is 0.411 e. The summed E-state index contributed by atoms with van der Waals surface area (Å²) in [6, 6.07) is 47.9. The average Bonchev–Trinajstić information content (AvgIpc) is 0.773. The molecule has 0 unspecified atom stereocenters. The molecule has 2 fully saturated rings. The van der Waals surface area contributed by atoms with Crippen LogP contribution in [0.4, 0.5) is 44.7 Å². The molecule has 0 aromatic heterocycles. The van der Waals surface area contributed by atoms with E-state index in [9.17, 15) is 60.0 Å². The van der Waals surface area contributed by atoms with Gasteiger partial charge in [0.1, 0.15) is 57.7 Å². The number of nitrogens with zero attached hydrogens (tertiary/aromatic N) is 2. The number of nitrogens with two attached hydrogens (primary N) is 1. The molecule has 0 bridgehead atoms. The van der Waals surface area contributed by atoms with E-state index in [1.54, 1.807) is 113 Å². The molecule has 8 aromatic carbocycles. The summed E-state index contributed by atoms with van der Waals surface area (Å²) in [4.78, 5) is 28.7. The number of carbonyl (C=O) groups excluding carboxylic acids is 2.